The molecule has 0 unspecified atom stereocenters. The third kappa shape index (κ3) is 2.84. The topological polar surface area (TPSA) is 55.0 Å². The second-order valence-corrected chi connectivity index (χ2v) is 4.43. The number of rotatable bonds is 4. The van der Waals surface area contributed by atoms with Crippen LogP contribution in [0.15, 0.2) is 36.5 Å². The maximum atomic E-state index is 5.71. The molecule has 4 nitrogen and oxygen atoms in total. The smallest absolute Gasteiger partial charge is 0.155 e. The summed E-state index contributed by atoms with van der Waals surface area (Å²) in [6, 6.07) is 10.4. The molecular formula is C14H18N4. The van der Waals surface area contributed by atoms with Crippen molar-refractivity contribution in [2.24, 2.45) is 5.73 Å². The molecule has 0 atom stereocenters. The van der Waals surface area contributed by atoms with Crippen LogP contribution in [0, 0.1) is 6.92 Å². The van der Waals surface area contributed by atoms with Gasteiger partial charge in [-0.3, -0.25) is 0 Å². The first-order valence-corrected chi connectivity index (χ1v) is 5.98. The lowest BCUT2D eigenvalue weighted by molar-refractivity contribution is 0.842. The Bertz CT molecular complexity index is 507. The van der Waals surface area contributed by atoms with E-state index in [0.29, 0.717) is 6.54 Å². The molecule has 1 aromatic carbocycles. The molecule has 18 heavy (non-hydrogen) atoms. The Labute approximate surface area is 107 Å². The predicted molar refractivity (Wildman–Crippen MR) is 73.2 cm³/mol. The largest absolute Gasteiger partial charge is 0.354 e. The summed E-state index contributed by atoms with van der Waals surface area (Å²) in [6.45, 7) is 3.36. The van der Waals surface area contributed by atoms with Gasteiger partial charge in [-0.15, -0.1) is 5.10 Å². The lowest BCUT2D eigenvalue weighted by atomic mass is 10.1. The Kier molecular flexibility index (Phi) is 3.89. The van der Waals surface area contributed by atoms with Crippen molar-refractivity contribution in [3.8, 4) is 0 Å². The highest BCUT2D eigenvalue weighted by molar-refractivity contribution is 5.45. The van der Waals surface area contributed by atoms with E-state index in [2.05, 4.69) is 46.3 Å². The van der Waals surface area contributed by atoms with Gasteiger partial charge < -0.3 is 10.6 Å². The van der Waals surface area contributed by atoms with Gasteiger partial charge in [-0.2, -0.15) is 5.10 Å². The lowest BCUT2D eigenvalue weighted by Gasteiger charge is -2.20. The highest BCUT2D eigenvalue weighted by Crippen LogP contribution is 2.16. The van der Waals surface area contributed by atoms with Crippen molar-refractivity contribution in [1.82, 2.24) is 10.2 Å². The van der Waals surface area contributed by atoms with Crippen molar-refractivity contribution in [3.63, 3.8) is 0 Å². The number of hydrogen-bond acceptors (Lipinski definition) is 4. The van der Waals surface area contributed by atoms with E-state index >= 15 is 0 Å². The van der Waals surface area contributed by atoms with Gasteiger partial charge >= 0.3 is 0 Å². The van der Waals surface area contributed by atoms with Gasteiger partial charge in [0.15, 0.2) is 5.82 Å². The molecule has 94 valence electrons. The summed E-state index contributed by atoms with van der Waals surface area (Å²) in [5.74, 6) is 0.848. The minimum absolute atomic E-state index is 0.475. The van der Waals surface area contributed by atoms with Crippen molar-refractivity contribution >= 4 is 5.82 Å². The van der Waals surface area contributed by atoms with Gasteiger partial charge in [0, 0.05) is 25.7 Å². The second kappa shape index (κ2) is 5.60. The van der Waals surface area contributed by atoms with Crippen LogP contribution in [0.5, 0.6) is 0 Å². The van der Waals surface area contributed by atoms with Gasteiger partial charge in [-0.1, -0.05) is 29.8 Å². The van der Waals surface area contributed by atoms with Crippen LogP contribution in [-0.4, -0.2) is 17.2 Å². The van der Waals surface area contributed by atoms with Crippen molar-refractivity contribution in [3.05, 3.63) is 53.2 Å². The van der Waals surface area contributed by atoms with E-state index in [-0.39, 0.29) is 0 Å². The van der Waals surface area contributed by atoms with E-state index in [1.165, 1.54) is 11.1 Å². The van der Waals surface area contributed by atoms with E-state index < -0.39 is 0 Å². The Morgan fingerprint density at radius 3 is 2.56 bits per heavy atom. The van der Waals surface area contributed by atoms with E-state index in [1.807, 2.05) is 13.1 Å². The Hall–Kier alpha value is -1.94. The zero-order chi connectivity index (χ0) is 13.0. The number of aryl methyl sites for hydroxylation is 1. The highest BCUT2D eigenvalue weighted by atomic mass is 15.2. The normalized spacial score (nSPS) is 10.4. The number of benzene rings is 1. The summed E-state index contributed by atoms with van der Waals surface area (Å²) in [5, 5.41) is 8.08. The highest BCUT2D eigenvalue weighted by Gasteiger charge is 2.08. The van der Waals surface area contributed by atoms with Crippen LogP contribution in [0.2, 0.25) is 0 Å². The monoisotopic (exact) mass is 242 g/mol. The molecule has 0 bridgehead atoms. The number of aromatic nitrogens is 2. The van der Waals surface area contributed by atoms with E-state index in [0.717, 1.165) is 17.9 Å². The number of hydrogen-bond donors (Lipinski definition) is 1. The van der Waals surface area contributed by atoms with Crippen molar-refractivity contribution in [1.29, 1.82) is 0 Å². The second-order valence-electron chi connectivity index (χ2n) is 4.43. The van der Waals surface area contributed by atoms with Gasteiger partial charge in [0.1, 0.15) is 0 Å². The quantitative estimate of drug-likeness (QED) is 0.889. The summed E-state index contributed by atoms with van der Waals surface area (Å²) >= 11 is 0. The Morgan fingerprint density at radius 2 is 1.89 bits per heavy atom. The Morgan fingerprint density at radius 1 is 1.17 bits per heavy atom. The Balaban J connectivity index is 2.16. The summed E-state index contributed by atoms with van der Waals surface area (Å²) < 4.78 is 0. The van der Waals surface area contributed by atoms with Crippen LogP contribution >= 0.6 is 0 Å². The van der Waals surface area contributed by atoms with Gasteiger partial charge in [0.05, 0.1) is 6.20 Å². The predicted octanol–water partition coefficient (Wildman–Crippen LogP) is 1.88. The third-order valence-corrected chi connectivity index (χ3v) is 2.90. The van der Waals surface area contributed by atoms with Gasteiger partial charge in [0.25, 0.3) is 0 Å². The fraction of sp³-hybridized carbons (Fsp3) is 0.286. The molecule has 0 aliphatic carbocycles. The van der Waals surface area contributed by atoms with Crippen LogP contribution in [0.25, 0.3) is 0 Å². The number of nitrogens with zero attached hydrogens (tertiary/aromatic N) is 3. The van der Waals surface area contributed by atoms with E-state index in [1.54, 1.807) is 6.20 Å². The molecule has 0 saturated heterocycles. The molecule has 0 spiro atoms. The van der Waals surface area contributed by atoms with Crippen LogP contribution in [0.1, 0.15) is 16.7 Å². The minimum atomic E-state index is 0.475. The van der Waals surface area contributed by atoms with Crippen LogP contribution in [-0.2, 0) is 13.1 Å². The summed E-state index contributed by atoms with van der Waals surface area (Å²) in [7, 11) is 2.00. The molecule has 1 heterocycles. The molecule has 0 amide bonds. The van der Waals surface area contributed by atoms with Gasteiger partial charge in [-0.05, 0) is 18.6 Å². The molecule has 1 aromatic heterocycles. The molecule has 2 N–H and O–H groups in total. The van der Waals surface area contributed by atoms with Gasteiger partial charge in [-0.25, -0.2) is 0 Å². The van der Waals surface area contributed by atoms with Crippen molar-refractivity contribution in [2.45, 2.75) is 20.0 Å². The van der Waals surface area contributed by atoms with Gasteiger partial charge in [0.2, 0.25) is 0 Å². The maximum absolute atomic E-state index is 5.71. The summed E-state index contributed by atoms with van der Waals surface area (Å²) in [5.41, 5.74) is 9.23. The first-order valence-electron chi connectivity index (χ1n) is 5.98. The molecule has 0 radical (unpaired) electrons. The summed E-state index contributed by atoms with van der Waals surface area (Å²) in [4.78, 5) is 2.07. The molecule has 0 aliphatic rings. The van der Waals surface area contributed by atoms with E-state index in [9.17, 15) is 0 Å². The summed E-state index contributed by atoms with van der Waals surface area (Å²) in [6.07, 6.45) is 1.67. The molecule has 2 aromatic rings. The zero-order valence-electron chi connectivity index (χ0n) is 10.8. The van der Waals surface area contributed by atoms with E-state index in [4.69, 9.17) is 5.73 Å². The average molecular weight is 242 g/mol. The third-order valence-electron chi connectivity index (χ3n) is 2.90. The SMILES string of the molecule is Cc1ccc(CN(C)c2nnccc2CN)cc1. The maximum Gasteiger partial charge on any atom is 0.155 e. The van der Waals surface area contributed by atoms with Crippen molar-refractivity contribution < 1.29 is 0 Å². The fourth-order valence-corrected chi connectivity index (χ4v) is 1.87. The lowest BCUT2D eigenvalue weighted by Crippen LogP contribution is -2.20. The van der Waals surface area contributed by atoms with Crippen LogP contribution < -0.4 is 10.6 Å². The number of nitrogens with two attached hydrogens (primary N) is 1. The molecule has 0 fully saturated rings. The number of anilines is 1. The zero-order valence-corrected chi connectivity index (χ0v) is 10.8. The molecule has 0 aliphatic heterocycles. The van der Waals surface area contributed by atoms with Crippen molar-refractivity contribution in [2.75, 3.05) is 11.9 Å². The average Bonchev–Trinajstić information content (AvgIpc) is 2.41. The van der Waals surface area contributed by atoms with Crippen LogP contribution in [0.3, 0.4) is 0 Å². The first kappa shape index (κ1) is 12.5. The molecule has 4 heteroatoms. The fourth-order valence-electron chi connectivity index (χ4n) is 1.87. The van der Waals surface area contributed by atoms with Crippen LogP contribution in [0.4, 0.5) is 5.82 Å². The molecule has 2 rings (SSSR count). The standard InChI is InChI=1S/C14H18N4/c1-11-3-5-12(6-4-11)10-18(2)14-13(9-15)7-8-16-17-14/h3-8H,9-10,15H2,1-2H3. The molecule has 0 saturated carbocycles. The first-order chi connectivity index (χ1) is 8.70. The minimum Gasteiger partial charge on any atom is -0.354 e. The molecular weight excluding hydrogens is 224 g/mol.